The molecule has 0 fully saturated rings. The molecule has 0 aliphatic heterocycles. The third kappa shape index (κ3) is 2.78. The highest BCUT2D eigenvalue weighted by atomic mass is 35.5. The molecule has 0 saturated heterocycles. The highest BCUT2D eigenvalue weighted by molar-refractivity contribution is 6.32. The van der Waals surface area contributed by atoms with E-state index in [1.807, 2.05) is 56.4 Å². The van der Waals surface area contributed by atoms with Gasteiger partial charge in [-0.15, -0.1) is 5.10 Å². The van der Waals surface area contributed by atoms with E-state index in [9.17, 15) is 0 Å². The molecule has 0 amide bonds. The van der Waals surface area contributed by atoms with Crippen molar-refractivity contribution in [3.63, 3.8) is 0 Å². The van der Waals surface area contributed by atoms with Crippen molar-refractivity contribution in [1.82, 2.24) is 9.78 Å². The molecule has 0 aliphatic rings. The SMILES string of the molecule is Cc1cc(Oc2ccn(-c3ccccc3Cl)n2)c(C)cc1N. The van der Waals surface area contributed by atoms with Crippen LogP contribution in [-0.2, 0) is 0 Å². The minimum atomic E-state index is 0.507. The molecule has 0 bridgehead atoms. The van der Waals surface area contributed by atoms with Crippen LogP contribution in [0.25, 0.3) is 5.69 Å². The quantitative estimate of drug-likeness (QED) is 0.723. The first kappa shape index (κ1) is 14.5. The van der Waals surface area contributed by atoms with E-state index in [1.54, 1.807) is 10.7 Å². The van der Waals surface area contributed by atoms with Gasteiger partial charge in [0.05, 0.1) is 10.7 Å². The summed E-state index contributed by atoms with van der Waals surface area (Å²) in [5.74, 6) is 1.25. The summed E-state index contributed by atoms with van der Waals surface area (Å²) in [5.41, 5.74) is 9.40. The Hall–Kier alpha value is -2.46. The van der Waals surface area contributed by atoms with Crippen molar-refractivity contribution in [2.45, 2.75) is 13.8 Å². The summed E-state index contributed by atoms with van der Waals surface area (Å²) in [7, 11) is 0. The Morgan fingerprint density at radius 3 is 2.64 bits per heavy atom. The van der Waals surface area contributed by atoms with E-state index in [0.717, 1.165) is 28.3 Å². The second-order valence-electron chi connectivity index (χ2n) is 5.13. The van der Waals surface area contributed by atoms with Crippen LogP contribution in [0.2, 0.25) is 5.02 Å². The third-order valence-corrected chi connectivity index (χ3v) is 3.76. The molecule has 1 aromatic heterocycles. The lowest BCUT2D eigenvalue weighted by atomic mass is 10.1. The standard InChI is InChI=1S/C17H16ClN3O/c1-11-10-16(12(2)9-14(11)19)22-17-7-8-21(20-17)15-6-4-3-5-13(15)18/h3-10H,19H2,1-2H3. The number of hydrogen-bond donors (Lipinski definition) is 1. The number of nitrogen functional groups attached to an aromatic ring is 1. The van der Waals surface area contributed by atoms with Gasteiger partial charge in [-0.25, -0.2) is 4.68 Å². The molecule has 3 aromatic rings. The number of halogens is 1. The van der Waals surface area contributed by atoms with Gasteiger partial charge in [-0.2, -0.15) is 0 Å². The number of benzene rings is 2. The molecule has 2 N–H and O–H groups in total. The van der Waals surface area contributed by atoms with E-state index in [4.69, 9.17) is 22.1 Å². The first-order chi connectivity index (χ1) is 10.5. The molecule has 4 nitrogen and oxygen atoms in total. The van der Waals surface area contributed by atoms with Crippen molar-refractivity contribution >= 4 is 17.3 Å². The van der Waals surface area contributed by atoms with Crippen LogP contribution >= 0.6 is 11.6 Å². The van der Waals surface area contributed by atoms with E-state index in [2.05, 4.69) is 5.10 Å². The van der Waals surface area contributed by atoms with E-state index in [1.165, 1.54) is 0 Å². The molecule has 0 unspecified atom stereocenters. The number of para-hydroxylation sites is 1. The van der Waals surface area contributed by atoms with Crippen molar-refractivity contribution in [2.24, 2.45) is 0 Å². The largest absolute Gasteiger partial charge is 0.437 e. The molecule has 0 radical (unpaired) electrons. The van der Waals surface area contributed by atoms with Crippen molar-refractivity contribution in [3.8, 4) is 17.3 Å². The Labute approximate surface area is 134 Å². The number of rotatable bonds is 3. The molecule has 0 saturated carbocycles. The van der Waals surface area contributed by atoms with Crippen LogP contribution in [0.5, 0.6) is 11.6 Å². The van der Waals surface area contributed by atoms with Gasteiger partial charge in [-0.1, -0.05) is 23.7 Å². The van der Waals surface area contributed by atoms with Crippen LogP contribution in [0.1, 0.15) is 11.1 Å². The zero-order valence-corrected chi connectivity index (χ0v) is 13.1. The van der Waals surface area contributed by atoms with Gasteiger partial charge in [0.2, 0.25) is 5.88 Å². The maximum absolute atomic E-state index is 6.18. The highest BCUT2D eigenvalue weighted by Gasteiger charge is 2.09. The van der Waals surface area contributed by atoms with Gasteiger partial charge in [-0.05, 0) is 49.2 Å². The van der Waals surface area contributed by atoms with Crippen LogP contribution in [-0.4, -0.2) is 9.78 Å². The fraction of sp³-hybridized carbons (Fsp3) is 0.118. The highest BCUT2D eigenvalue weighted by Crippen LogP contribution is 2.29. The Morgan fingerprint density at radius 2 is 1.86 bits per heavy atom. The molecule has 0 spiro atoms. The first-order valence-corrected chi connectivity index (χ1v) is 7.27. The summed E-state index contributed by atoms with van der Waals surface area (Å²) in [6, 6.07) is 13.1. The lowest BCUT2D eigenvalue weighted by Crippen LogP contribution is -1.97. The number of anilines is 1. The van der Waals surface area contributed by atoms with Crippen molar-refractivity contribution < 1.29 is 4.74 Å². The lowest BCUT2D eigenvalue weighted by molar-refractivity contribution is 0.454. The zero-order chi connectivity index (χ0) is 15.7. The average molecular weight is 314 g/mol. The lowest BCUT2D eigenvalue weighted by Gasteiger charge is -2.09. The summed E-state index contributed by atoms with van der Waals surface area (Å²) in [5, 5.41) is 5.04. The Bertz CT molecular complexity index is 827. The predicted molar refractivity (Wildman–Crippen MR) is 89.0 cm³/mol. The summed E-state index contributed by atoms with van der Waals surface area (Å²) >= 11 is 6.18. The third-order valence-electron chi connectivity index (χ3n) is 3.44. The normalized spacial score (nSPS) is 10.7. The number of hydrogen-bond acceptors (Lipinski definition) is 3. The second kappa shape index (κ2) is 5.73. The van der Waals surface area contributed by atoms with Crippen molar-refractivity contribution in [1.29, 1.82) is 0 Å². The molecule has 0 atom stereocenters. The Kier molecular flexibility index (Phi) is 3.77. The molecular weight excluding hydrogens is 298 g/mol. The summed E-state index contributed by atoms with van der Waals surface area (Å²) in [6.45, 7) is 3.90. The number of aryl methyl sites for hydroxylation is 2. The Morgan fingerprint density at radius 1 is 1.09 bits per heavy atom. The van der Waals surface area contributed by atoms with Gasteiger partial charge in [0.15, 0.2) is 0 Å². The summed E-state index contributed by atoms with van der Waals surface area (Å²) < 4.78 is 7.55. The predicted octanol–water partition coefficient (Wildman–Crippen LogP) is 4.52. The maximum atomic E-state index is 6.18. The minimum absolute atomic E-state index is 0.507. The fourth-order valence-electron chi connectivity index (χ4n) is 2.17. The summed E-state index contributed by atoms with van der Waals surface area (Å²) in [6.07, 6.45) is 1.82. The van der Waals surface area contributed by atoms with E-state index in [0.29, 0.717) is 10.9 Å². The van der Waals surface area contributed by atoms with Crippen molar-refractivity contribution in [2.75, 3.05) is 5.73 Å². The van der Waals surface area contributed by atoms with Gasteiger partial charge >= 0.3 is 0 Å². The van der Waals surface area contributed by atoms with Crippen LogP contribution in [0.15, 0.2) is 48.7 Å². The van der Waals surface area contributed by atoms with E-state index >= 15 is 0 Å². The average Bonchev–Trinajstić information content (AvgIpc) is 2.93. The number of ether oxygens (including phenoxy) is 1. The van der Waals surface area contributed by atoms with Gasteiger partial charge in [-0.3, -0.25) is 0 Å². The van der Waals surface area contributed by atoms with Gasteiger partial charge in [0, 0.05) is 18.0 Å². The number of nitrogens with two attached hydrogens (primary N) is 1. The molecule has 3 rings (SSSR count). The molecular formula is C17H16ClN3O. The molecule has 5 heteroatoms. The van der Waals surface area contributed by atoms with E-state index in [-0.39, 0.29) is 0 Å². The second-order valence-corrected chi connectivity index (χ2v) is 5.53. The molecule has 112 valence electrons. The van der Waals surface area contributed by atoms with Gasteiger partial charge in [0.1, 0.15) is 5.75 Å². The van der Waals surface area contributed by atoms with Crippen molar-refractivity contribution in [3.05, 3.63) is 64.8 Å². The van der Waals surface area contributed by atoms with Crippen LogP contribution < -0.4 is 10.5 Å². The van der Waals surface area contributed by atoms with Gasteiger partial charge < -0.3 is 10.5 Å². The Balaban J connectivity index is 1.89. The van der Waals surface area contributed by atoms with E-state index < -0.39 is 0 Å². The molecule has 2 aromatic carbocycles. The van der Waals surface area contributed by atoms with Crippen LogP contribution in [0.4, 0.5) is 5.69 Å². The van der Waals surface area contributed by atoms with Crippen LogP contribution in [0, 0.1) is 13.8 Å². The molecule has 1 heterocycles. The smallest absolute Gasteiger partial charge is 0.238 e. The topological polar surface area (TPSA) is 53.1 Å². The number of nitrogens with zero attached hydrogens (tertiary/aromatic N) is 2. The zero-order valence-electron chi connectivity index (χ0n) is 12.4. The maximum Gasteiger partial charge on any atom is 0.238 e. The summed E-state index contributed by atoms with van der Waals surface area (Å²) in [4.78, 5) is 0. The van der Waals surface area contributed by atoms with Crippen LogP contribution in [0.3, 0.4) is 0 Å². The number of aromatic nitrogens is 2. The fourth-order valence-corrected chi connectivity index (χ4v) is 2.39. The first-order valence-electron chi connectivity index (χ1n) is 6.90. The molecule has 22 heavy (non-hydrogen) atoms. The van der Waals surface area contributed by atoms with Gasteiger partial charge in [0.25, 0.3) is 0 Å². The molecule has 0 aliphatic carbocycles. The minimum Gasteiger partial charge on any atom is -0.437 e. The monoisotopic (exact) mass is 313 g/mol.